The molecule has 3 nitrogen and oxygen atoms in total. The van der Waals surface area contributed by atoms with Crippen LogP contribution < -0.4 is 5.32 Å². The maximum absolute atomic E-state index is 6.39. The second kappa shape index (κ2) is 11.9. The van der Waals surface area contributed by atoms with Crippen LogP contribution in [0.15, 0.2) is 192 Å². The summed E-state index contributed by atoms with van der Waals surface area (Å²) in [6, 6.07) is 66.7. The molecule has 10 rings (SSSR count). The minimum Gasteiger partial charge on any atom is -0.455 e. The van der Waals surface area contributed by atoms with Crippen LogP contribution in [0.4, 0.5) is 11.4 Å². The van der Waals surface area contributed by atoms with E-state index in [9.17, 15) is 0 Å². The smallest absolute Gasteiger partial charge is 0.143 e. The number of fused-ring (bicyclic) bond motifs is 6. The first kappa shape index (κ1) is 29.1. The van der Waals surface area contributed by atoms with Gasteiger partial charge in [0.15, 0.2) is 0 Å². The molecule has 0 spiro atoms. The highest BCUT2D eigenvalue weighted by molar-refractivity contribution is 6.11. The number of nitrogens with one attached hydrogen (secondary N) is 1. The van der Waals surface area contributed by atoms with Gasteiger partial charge < -0.3 is 14.3 Å². The SMILES string of the molecule is c1ccc(-c2cccc3c2oc2ccc(-c4ccc(Nc5ccc(-c6ccc7c(c6)c6ccccc6n7-c6ccccc6)cc5)cc4)cc23)cc1. The number of hydrogen-bond donors (Lipinski definition) is 1. The summed E-state index contributed by atoms with van der Waals surface area (Å²) in [5, 5.41) is 8.37. The van der Waals surface area contributed by atoms with Crippen LogP contribution >= 0.6 is 0 Å². The number of nitrogens with zero attached hydrogens (tertiary/aromatic N) is 1. The Kier molecular flexibility index (Phi) is 6.81. The quantitative estimate of drug-likeness (QED) is 0.194. The molecule has 240 valence electrons. The highest BCUT2D eigenvalue weighted by Gasteiger charge is 2.15. The lowest BCUT2D eigenvalue weighted by Gasteiger charge is -2.10. The number of para-hydroxylation sites is 3. The molecule has 0 aliphatic rings. The van der Waals surface area contributed by atoms with E-state index in [-0.39, 0.29) is 0 Å². The molecule has 3 heteroatoms. The Morgan fingerprint density at radius 2 is 0.941 bits per heavy atom. The molecule has 51 heavy (non-hydrogen) atoms. The Morgan fingerprint density at radius 1 is 0.373 bits per heavy atom. The molecule has 0 saturated heterocycles. The zero-order chi connectivity index (χ0) is 33.7. The van der Waals surface area contributed by atoms with Crippen molar-refractivity contribution in [3.05, 3.63) is 188 Å². The summed E-state index contributed by atoms with van der Waals surface area (Å²) in [6.07, 6.45) is 0. The molecule has 10 aromatic rings. The van der Waals surface area contributed by atoms with Gasteiger partial charge in [0.05, 0.1) is 11.0 Å². The lowest BCUT2D eigenvalue weighted by Crippen LogP contribution is -1.93. The molecular formula is C48H32N2O. The van der Waals surface area contributed by atoms with Crippen molar-refractivity contribution in [3.63, 3.8) is 0 Å². The first-order valence-electron chi connectivity index (χ1n) is 17.3. The van der Waals surface area contributed by atoms with E-state index >= 15 is 0 Å². The highest BCUT2D eigenvalue weighted by Crippen LogP contribution is 2.38. The van der Waals surface area contributed by atoms with Crippen molar-refractivity contribution < 1.29 is 4.42 Å². The maximum atomic E-state index is 6.39. The van der Waals surface area contributed by atoms with Crippen LogP contribution in [0.25, 0.3) is 82.8 Å². The number of furan rings is 1. The van der Waals surface area contributed by atoms with Crippen LogP contribution in [0.3, 0.4) is 0 Å². The van der Waals surface area contributed by atoms with Crippen LogP contribution in [0.5, 0.6) is 0 Å². The average molecular weight is 653 g/mol. The normalized spacial score (nSPS) is 11.5. The minimum atomic E-state index is 0.901. The number of rotatable bonds is 6. The molecule has 0 radical (unpaired) electrons. The molecule has 0 amide bonds. The fraction of sp³-hybridized carbons (Fsp3) is 0. The molecule has 0 unspecified atom stereocenters. The van der Waals surface area contributed by atoms with Gasteiger partial charge in [-0.1, -0.05) is 121 Å². The summed E-state index contributed by atoms with van der Waals surface area (Å²) in [6.45, 7) is 0. The standard InChI is InChI=1S/C48H32N2O/c1-3-10-34(11-4-1)40-15-9-16-42-44-31-36(23-29-47(44)51-48(40)42)33-20-26-38(27-21-33)49-37-24-18-32(19-25-37)35-22-28-46-43(30-35)41-14-7-8-17-45(41)50(46)39-12-5-2-6-13-39/h1-31,49H. The van der Waals surface area contributed by atoms with Gasteiger partial charge in [0.1, 0.15) is 11.2 Å². The number of anilines is 2. The van der Waals surface area contributed by atoms with Crippen molar-refractivity contribution in [2.24, 2.45) is 0 Å². The second-order valence-corrected chi connectivity index (χ2v) is 13.1. The Morgan fingerprint density at radius 3 is 1.67 bits per heavy atom. The molecule has 0 fully saturated rings. The summed E-state index contributed by atoms with van der Waals surface area (Å²) < 4.78 is 8.75. The molecule has 2 aromatic heterocycles. The molecular weight excluding hydrogens is 621 g/mol. The molecule has 2 heterocycles. The van der Waals surface area contributed by atoms with Gasteiger partial charge in [-0.15, -0.1) is 0 Å². The van der Waals surface area contributed by atoms with E-state index < -0.39 is 0 Å². The van der Waals surface area contributed by atoms with E-state index in [1.165, 1.54) is 38.6 Å². The van der Waals surface area contributed by atoms with E-state index in [0.717, 1.165) is 55.6 Å². The molecule has 0 bridgehead atoms. The van der Waals surface area contributed by atoms with E-state index in [4.69, 9.17) is 4.42 Å². The number of aromatic nitrogens is 1. The molecule has 1 N–H and O–H groups in total. The van der Waals surface area contributed by atoms with Gasteiger partial charge in [0, 0.05) is 44.2 Å². The summed E-state index contributed by atoms with van der Waals surface area (Å²) in [5.74, 6) is 0. The molecule has 0 saturated carbocycles. The highest BCUT2D eigenvalue weighted by atomic mass is 16.3. The second-order valence-electron chi connectivity index (χ2n) is 13.1. The largest absolute Gasteiger partial charge is 0.455 e. The Balaban J connectivity index is 0.904. The number of hydrogen-bond acceptors (Lipinski definition) is 2. The summed E-state index contributed by atoms with van der Waals surface area (Å²) in [7, 11) is 0. The van der Waals surface area contributed by atoms with Crippen LogP contribution in [0, 0.1) is 0 Å². The third kappa shape index (κ3) is 5.06. The van der Waals surface area contributed by atoms with Crippen molar-refractivity contribution in [2.75, 3.05) is 5.32 Å². The van der Waals surface area contributed by atoms with Gasteiger partial charge in [-0.3, -0.25) is 0 Å². The molecule has 0 aliphatic carbocycles. The maximum Gasteiger partial charge on any atom is 0.143 e. The zero-order valence-electron chi connectivity index (χ0n) is 27.8. The van der Waals surface area contributed by atoms with Crippen LogP contribution in [-0.2, 0) is 0 Å². The van der Waals surface area contributed by atoms with Crippen molar-refractivity contribution in [1.82, 2.24) is 4.57 Å². The van der Waals surface area contributed by atoms with Gasteiger partial charge in [-0.05, 0) is 94.5 Å². The predicted octanol–water partition coefficient (Wildman–Crippen LogP) is 13.4. The number of benzene rings is 8. The van der Waals surface area contributed by atoms with E-state index in [1.807, 2.05) is 6.07 Å². The van der Waals surface area contributed by atoms with Gasteiger partial charge in [0.2, 0.25) is 0 Å². The van der Waals surface area contributed by atoms with Crippen molar-refractivity contribution in [2.45, 2.75) is 0 Å². The molecule has 8 aromatic carbocycles. The van der Waals surface area contributed by atoms with E-state index in [0.29, 0.717) is 0 Å². The Bertz CT molecular complexity index is 2850. The summed E-state index contributed by atoms with van der Waals surface area (Å²) in [5.41, 5.74) is 14.5. The topological polar surface area (TPSA) is 30.1 Å². The van der Waals surface area contributed by atoms with Gasteiger partial charge in [-0.2, -0.15) is 0 Å². The third-order valence-corrected chi connectivity index (χ3v) is 9.99. The molecule has 0 atom stereocenters. The van der Waals surface area contributed by atoms with Gasteiger partial charge in [-0.25, -0.2) is 0 Å². The zero-order valence-corrected chi connectivity index (χ0v) is 27.8. The average Bonchev–Trinajstić information content (AvgIpc) is 3.74. The van der Waals surface area contributed by atoms with Gasteiger partial charge in [0.25, 0.3) is 0 Å². The fourth-order valence-corrected chi connectivity index (χ4v) is 7.49. The van der Waals surface area contributed by atoms with Crippen molar-refractivity contribution >= 4 is 55.1 Å². The summed E-state index contributed by atoms with van der Waals surface area (Å²) in [4.78, 5) is 0. The first-order valence-corrected chi connectivity index (χ1v) is 17.3. The molecule has 0 aliphatic heterocycles. The van der Waals surface area contributed by atoms with Crippen LogP contribution in [0.2, 0.25) is 0 Å². The van der Waals surface area contributed by atoms with Crippen LogP contribution in [-0.4, -0.2) is 4.57 Å². The van der Waals surface area contributed by atoms with Crippen LogP contribution in [0.1, 0.15) is 0 Å². The van der Waals surface area contributed by atoms with E-state index in [1.54, 1.807) is 0 Å². The van der Waals surface area contributed by atoms with E-state index in [2.05, 4.69) is 192 Å². The third-order valence-electron chi connectivity index (χ3n) is 9.99. The Labute approximate surface area is 295 Å². The summed E-state index contributed by atoms with van der Waals surface area (Å²) >= 11 is 0. The van der Waals surface area contributed by atoms with Gasteiger partial charge >= 0.3 is 0 Å². The Hall–Kier alpha value is -6.84. The lowest BCUT2D eigenvalue weighted by atomic mass is 10.00. The van der Waals surface area contributed by atoms with Crippen molar-refractivity contribution in [3.8, 4) is 39.1 Å². The monoisotopic (exact) mass is 652 g/mol. The predicted molar refractivity (Wildman–Crippen MR) is 214 cm³/mol. The van der Waals surface area contributed by atoms with Crippen molar-refractivity contribution in [1.29, 1.82) is 0 Å². The first-order chi connectivity index (χ1) is 25.3. The lowest BCUT2D eigenvalue weighted by molar-refractivity contribution is 0.670. The minimum absolute atomic E-state index is 0.901. The fourth-order valence-electron chi connectivity index (χ4n) is 7.49.